The van der Waals surface area contributed by atoms with Gasteiger partial charge in [-0.3, -0.25) is 0 Å². The maximum atomic E-state index is 6.39. The van der Waals surface area contributed by atoms with E-state index in [1.807, 2.05) is 0 Å². The SMILES string of the molecule is CC(C)C1C2C(CN1C)[C@]2(C)Cl. The van der Waals surface area contributed by atoms with Crippen LogP contribution in [0.3, 0.4) is 0 Å². The first-order chi connectivity index (χ1) is 5.46. The summed E-state index contributed by atoms with van der Waals surface area (Å²) < 4.78 is 0. The summed E-state index contributed by atoms with van der Waals surface area (Å²) in [5, 5.41) is 0. The molecule has 2 fully saturated rings. The number of alkyl halides is 1. The Balaban J connectivity index is 2.13. The fourth-order valence-electron chi connectivity index (χ4n) is 3.10. The van der Waals surface area contributed by atoms with E-state index in [0.29, 0.717) is 0 Å². The van der Waals surface area contributed by atoms with Gasteiger partial charge < -0.3 is 4.90 Å². The molecule has 1 aliphatic carbocycles. The molecule has 0 aromatic heterocycles. The lowest BCUT2D eigenvalue weighted by molar-refractivity contribution is 0.204. The molecule has 1 aliphatic heterocycles. The minimum Gasteiger partial charge on any atom is -0.302 e. The number of hydrogen-bond donors (Lipinski definition) is 0. The van der Waals surface area contributed by atoms with Crippen molar-refractivity contribution in [2.45, 2.75) is 31.7 Å². The van der Waals surface area contributed by atoms with Gasteiger partial charge in [0.1, 0.15) is 0 Å². The zero-order valence-electron chi connectivity index (χ0n) is 8.34. The molecule has 2 rings (SSSR count). The lowest BCUT2D eigenvalue weighted by Gasteiger charge is -2.29. The fraction of sp³-hybridized carbons (Fsp3) is 1.00. The molecular formula is C10H18ClN. The van der Waals surface area contributed by atoms with Crippen molar-refractivity contribution in [1.82, 2.24) is 4.90 Å². The topological polar surface area (TPSA) is 3.24 Å². The largest absolute Gasteiger partial charge is 0.302 e. The fourth-order valence-corrected chi connectivity index (χ4v) is 3.52. The van der Waals surface area contributed by atoms with Gasteiger partial charge in [0, 0.05) is 12.6 Å². The normalized spacial score (nSPS) is 53.0. The molecular weight excluding hydrogens is 170 g/mol. The van der Waals surface area contributed by atoms with Gasteiger partial charge in [-0.25, -0.2) is 0 Å². The predicted octanol–water partition coefficient (Wildman–Crippen LogP) is 2.20. The summed E-state index contributed by atoms with van der Waals surface area (Å²) in [5.41, 5.74) is 0. The Hall–Kier alpha value is 0.250. The first kappa shape index (κ1) is 8.83. The molecule has 0 amide bonds. The Labute approximate surface area is 80.1 Å². The minimum absolute atomic E-state index is 0.126. The van der Waals surface area contributed by atoms with E-state index in [1.165, 1.54) is 6.54 Å². The Morgan fingerprint density at radius 2 is 2.08 bits per heavy atom. The lowest BCUT2D eigenvalue weighted by atomic mass is 9.98. The maximum absolute atomic E-state index is 6.39. The van der Waals surface area contributed by atoms with Gasteiger partial charge in [-0.15, -0.1) is 11.6 Å². The average Bonchev–Trinajstić information content (AvgIpc) is 2.40. The molecule has 12 heavy (non-hydrogen) atoms. The van der Waals surface area contributed by atoms with Gasteiger partial charge in [0.2, 0.25) is 0 Å². The highest BCUT2D eigenvalue weighted by Crippen LogP contribution is 2.63. The number of piperidine rings is 1. The summed E-state index contributed by atoms with van der Waals surface area (Å²) in [5.74, 6) is 2.26. The van der Waals surface area contributed by atoms with Crippen molar-refractivity contribution >= 4 is 11.6 Å². The van der Waals surface area contributed by atoms with Crippen molar-refractivity contribution in [2.75, 3.05) is 13.6 Å². The molecule has 0 aromatic carbocycles. The minimum atomic E-state index is 0.126. The van der Waals surface area contributed by atoms with Crippen molar-refractivity contribution in [3.8, 4) is 0 Å². The summed E-state index contributed by atoms with van der Waals surface area (Å²) in [7, 11) is 2.23. The van der Waals surface area contributed by atoms with E-state index in [0.717, 1.165) is 23.8 Å². The number of likely N-dealkylation sites (tertiary alicyclic amines) is 1. The molecule has 0 bridgehead atoms. The van der Waals surface area contributed by atoms with E-state index in [1.54, 1.807) is 0 Å². The summed E-state index contributed by atoms with van der Waals surface area (Å²) >= 11 is 6.39. The Bertz CT molecular complexity index is 200. The van der Waals surface area contributed by atoms with Gasteiger partial charge in [0.15, 0.2) is 0 Å². The van der Waals surface area contributed by atoms with Crippen molar-refractivity contribution < 1.29 is 0 Å². The highest BCUT2D eigenvalue weighted by atomic mass is 35.5. The lowest BCUT2D eigenvalue weighted by Crippen LogP contribution is -2.37. The quantitative estimate of drug-likeness (QED) is 0.569. The van der Waals surface area contributed by atoms with Crippen molar-refractivity contribution in [3.05, 3.63) is 0 Å². The molecule has 70 valence electrons. The van der Waals surface area contributed by atoms with Crippen LogP contribution in [0.2, 0.25) is 0 Å². The molecule has 2 heteroatoms. The van der Waals surface area contributed by atoms with Gasteiger partial charge in [0.25, 0.3) is 0 Å². The van der Waals surface area contributed by atoms with Crippen LogP contribution < -0.4 is 0 Å². The first-order valence-electron chi connectivity index (χ1n) is 4.85. The number of hydrogen-bond acceptors (Lipinski definition) is 1. The van der Waals surface area contributed by atoms with Crippen molar-refractivity contribution in [3.63, 3.8) is 0 Å². The zero-order chi connectivity index (χ0) is 9.09. The maximum Gasteiger partial charge on any atom is 0.0509 e. The Morgan fingerprint density at radius 3 is 2.42 bits per heavy atom. The van der Waals surface area contributed by atoms with E-state index < -0.39 is 0 Å². The van der Waals surface area contributed by atoms with Crippen molar-refractivity contribution in [1.29, 1.82) is 0 Å². The molecule has 0 aromatic rings. The monoisotopic (exact) mass is 187 g/mol. The Morgan fingerprint density at radius 1 is 1.50 bits per heavy atom. The second kappa shape index (κ2) is 2.39. The molecule has 2 aliphatic rings. The number of nitrogens with zero attached hydrogens (tertiary/aromatic N) is 1. The molecule has 0 N–H and O–H groups in total. The molecule has 1 nitrogen and oxygen atoms in total. The van der Waals surface area contributed by atoms with Crippen LogP contribution in [0.15, 0.2) is 0 Å². The standard InChI is InChI=1S/C10H18ClN/c1-6(2)9-8-7(5-12(9)4)10(8,3)11/h6-9H,5H2,1-4H3/t7?,8?,9?,10-/m0/s1. The van der Waals surface area contributed by atoms with E-state index in [-0.39, 0.29) is 4.87 Å². The van der Waals surface area contributed by atoms with Crippen LogP contribution in [-0.4, -0.2) is 29.4 Å². The van der Waals surface area contributed by atoms with Gasteiger partial charge in [0.05, 0.1) is 4.87 Å². The number of rotatable bonds is 1. The van der Waals surface area contributed by atoms with Crippen LogP contribution in [0.5, 0.6) is 0 Å². The summed E-state index contributed by atoms with van der Waals surface area (Å²) in [4.78, 5) is 2.60. The van der Waals surface area contributed by atoms with Gasteiger partial charge in [-0.05, 0) is 31.7 Å². The predicted molar refractivity (Wildman–Crippen MR) is 52.5 cm³/mol. The van der Waals surface area contributed by atoms with Crippen LogP contribution in [-0.2, 0) is 0 Å². The zero-order valence-corrected chi connectivity index (χ0v) is 9.10. The molecule has 0 radical (unpaired) electrons. The Kier molecular flexibility index (Phi) is 1.76. The molecule has 1 heterocycles. The second-order valence-corrected chi connectivity index (χ2v) is 5.77. The van der Waals surface area contributed by atoms with Gasteiger partial charge in [-0.1, -0.05) is 13.8 Å². The van der Waals surface area contributed by atoms with Crippen LogP contribution in [0.1, 0.15) is 20.8 Å². The van der Waals surface area contributed by atoms with Crippen LogP contribution in [0.4, 0.5) is 0 Å². The first-order valence-corrected chi connectivity index (χ1v) is 5.23. The third-order valence-corrected chi connectivity index (χ3v) is 4.28. The third-order valence-electron chi connectivity index (χ3n) is 3.75. The highest BCUT2D eigenvalue weighted by Gasteiger charge is 2.68. The molecule has 1 saturated heterocycles. The van der Waals surface area contributed by atoms with Crippen molar-refractivity contribution in [2.24, 2.45) is 17.8 Å². The van der Waals surface area contributed by atoms with Crippen LogP contribution in [0, 0.1) is 17.8 Å². The second-order valence-electron chi connectivity index (χ2n) is 4.96. The molecule has 1 saturated carbocycles. The summed E-state index contributed by atoms with van der Waals surface area (Å²) in [6.45, 7) is 8.00. The molecule has 3 unspecified atom stereocenters. The molecule has 4 atom stereocenters. The van der Waals surface area contributed by atoms with E-state index >= 15 is 0 Å². The highest BCUT2D eigenvalue weighted by molar-refractivity contribution is 6.26. The third kappa shape index (κ3) is 0.958. The van der Waals surface area contributed by atoms with Crippen LogP contribution in [0.25, 0.3) is 0 Å². The van der Waals surface area contributed by atoms with Gasteiger partial charge in [-0.2, -0.15) is 0 Å². The summed E-state index contributed by atoms with van der Waals surface area (Å²) in [6.07, 6.45) is 0. The average molecular weight is 188 g/mol. The summed E-state index contributed by atoms with van der Waals surface area (Å²) in [6, 6.07) is 0.720. The van der Waals surface area contributed by atoms with E-state index in [4.69, 9.17) is 11.6 Å². The van der Waals surface area contributed by atoms with Crippen LogP contribution >= 0.6 is 11.6 Å². The van der Waals surface area contributed by atoms with E-state index in [9.17, 15) is 0 Å². The number of halogens is 1. The van der Waals surface area contributed by atoms with Gasteiger partial charge >= 0.3 is 0 Å². The smallest absolute Gasteiger partial charge is 0.0509 e. The number of fused-ring (bicyclic) bond motifs is 1. The van der Waals surface area contributed by atoms with E-state index in [2.05, 4.69) is 32.7 Å². The molecule has 0 spiro atoms.